The van der Waals surface area contributed by atoms with Crippen molar-refractivity contribution in [3.63, 3.8) is 0 Å². The molecule has 2 aliphatic rings. The fourth-order valence-electron chi connectivity index (χ4n) is 3.74. The molecule has 0 bridgehead atoms. The molecule has 136 valence electrons. The number of aromatic nitrogens is 1. The number of likely N-dealkylation sites (N-methyl/N-ethyl adjacent to an activating group) is 1. The van der Waals surface area contributed by atoms with E-state index < -0.39 is 0 Å². The van der Waals surface area contributed by atoms with Gasteiger partial charge >= 0.3 is 0 Å². The van der Waals surface area contributed by atoms with Gasteiger partial charge in [0.2, 0.25) is 0 Å². The Hall–Kier alpha value is -1.64. The van der Waals surface area contributed by atoms with Gasteiger partial charge in [0.25, 0.3) is 0 Å². The summed E-state index contributed by atoms with van der Waals surface area (Å²) < 4.78 is 6.04. The Bertz CT molecular complexity index is 669. The Morgan fingerprint density at radius 3 is 2.56 bits per heavy atom. The maximum atomic E-state index is 9.93. The van der Waals surface area contributed by atoms with Crippen LogP contribution in [0.4, 0.5) is 5.82 Å². The van der Waals surface area contributed by atoms with E-state index in [4.69, 9.17) is 9.72 Å². The van der Waals surface area contributed by atoms with E-state index in [2.05, 4.69) is 43.7 Å². The summed E-state index contributed by atoms with van der Waals surface area (Å²) in [5.74, 6) is 0.901. The molecule has 5 nitrogen and oxygen atoms in total. The minimum absolute atomic E-state index is 0.221. The van der Waals surface area contributed by atoms with Crippen LogP contribution in [0.2, 0.25) is 0 Å². The molecule has 0 saturated carbocycles. The van der Waals surface area contributed by atoms with E-state index in [1.165, 1.54) is 11.1 Å². The summed E-state index contributed by atoms with van der Waals surface area (Å²) in [5, 5.41) is 9.93. The van der Waals surface area contributed by atoms with Crippen molar-refractivity contribution in [1.29, 1.82) is 5.26 Å². The van der Waals surface area contributed by atoms with Gasteiger partial charge in [-0.2, -0.15) is 5.26 Å². The highest BCUT2D eigenvalue weighted by molar-refractivity contribution is 5.62. The lowest BCUT2D eigenvalue weighted by Crippen LogP contribution is -2.45. The zero-order valence-electron chi connectivity index (χ0n) is 16.1. The van der Waals surface area contributed by atoms with E-state index in [1.807, 2.05) is 0 Å². The first kappa shape index (κ1) is 18.2. The summed E-state index contributed by atoms with van der Waals surface area (Å²) in [7, 11) is 2.15. The number of fused-ring (bicyclic) bond motifs is 1. The quantitative estimate of drug-likeness (QED) is 0.842. The van der Waals surface area contributed by atoms with Crippen molar-refractivity contribution in [2.75, 3.05) is 38.1 Å². The molecule has 5 heteroatoms. The first-order chi connectivity index (χ1) is 11.9. The van der Waals surface area contributed by atoms with Gasteiger partial charge in [0.05, 0.1) is 17.8 Å². The molecule has 1 saturated heterocycles. The molecular formula is C20H30N4O. The lowest BCUT2D eigenvalue weighted by Gasteiger charge is -2.37. The molecule has 0 radical (unpaired) electrons. The minimum atomic E-state index is -0.221. The van der Waals surface area contributed by atoms with Crippen LogP contribution in [0.1, 0.15) is 56.0 Å². The molecule has 2 aliphatic heterocycles. The van der Waals surface area contributed by atoms with Crippen molar-refractivity contribution in [3.05, 3.63) is 22.4 Å². The van der Waals surface area contributed by atoms with Gasteiger partial charge in [-0.15, -0.1) is 0 Å². The van der Waals surface area contributed by atoms with Crippen LogP contribution in [0.3, 0.4) is 0 Å². The summed E-state index contributed by atoms with van der Waals surface area (Å²) >= 11 is 0. The summed E-state index contributed by atoms with van der Waals surface area (Å²) in [4.78, 5) is 9.63. The Kier molecular flexibility index (Phi) is 5.31. The van der Waals surface area contributed by atoms with Gasteiger partial charge in [-0.25, -0.2) is 4.98 Å². The number of nitriles is 1. The Labute approximate surface area is 151 Å². The number of ether oxygens (including phenoxy) is 1. The number of hydrogen-bond acceptors (Lipinski definition) is 5. The van der Waals surface area contributed by atoms with Crippen LogP contribution in [0, 0.1) is 11.3 Å². The molecule has 1 aromatic rings. The van der Waals surface area contributed by atoms with Crippen LogP contribution >= 0.6 is 0 Å². The third-order valence-corrected chi connectivity index (χ3v) is 5.37. The average Bonchev–Trinajstić information content (AvgIpc) is 2.58. The Morgan fingerprint density at radius 1 is 1.20 bits per heavy atom. The molecule has 3 heterocycles. The van der Waals surface area contributed by atoms with E-state index in [9.17, 15) is 5.26 Å². The number of anilines is 1. The first-order valence-corrected chi connectivity index (χ1v) is 9.47. The number of pyridine rings is 1. The molecular weight excluding hydrogens is 312 g/mol. The molecule has 0 atom stereocenters. The minimum Gasteiger partial charge on any atom is -0.370 e. The summed E-state index contributed by atoms with van der Waals surface area (Å²) in [6, 6.07) is 2.48. The third kappa shape index (κ3) is 3.80. The molecule has 1 fully saturated rings. The lowest BCUT2D eigenvalue weighted by molar-refractivity contribution is -0.0407. The zero-order chi connectivity index (χ0) is 18.0. The van der Waals surface area contributed by atoms with Crippen LogP contribution < -0.4 is 4.90 Å². The SMILES string of the molecule is CCCCc1nc(N2CCN(C)CC2)c(C#N)c2c1COC(C)(C)C2. The number of rotatable bonds is 4. The number of nitrogens with zero attached hydrogens (tertiary/aromatic N) is 4. The normalized spacial score (nSPS) is 20.2. The molecule has 0 aromatic carbocycles. The second kappa shape index (κ2) is 7.31. The highest BCUT2D eigenvalue weighted by Gasteiger charge is 2.33. The van der Waals surface area contributed by atoms with Crippen molar-refractivity contribution in [2.45, 2.75) is 58.7 Å². The van der Waals surface area contributed by atoms with E-state index >= 15 is 0 Å². The van der Waals surface area contributed by atoms with Gasteiger partial charge in [0.1, 0.15) is 11.9 Å². The van der Waals surface area contributed by atoms with Gasteiger partial charge in [-0.05, 0) is 39.3 Å². The monoisotopic (exact) mass is 342 g/mol. The average molecular weight is 342 g/mol. The molecule has 0 spiro atoms. The van der Waals surface area contributed by atoms with E-state index in [0.717, 1.165) is 68.9 Å². The van der Waals surface area contributed by atoms with E-state index in [-0.39, 0.29) is 5.60 Å². The van der Waals surface area contributed by atoms with Gasteiger partial charge in [0, 0.05) is 43.9 Å². The Morgan fingerprint density at radius 2 is 1.92 bits per heavy atom. The molecule has 0 N–H and O–H groups in total. The molecule has 1 aromatic heterocycles. The van der Waals surface area contributed by atoms with Crippen molar-refractivity contribution < 1.29 is 4.74 Å². The summed E-state index contributed by atoms with van der Waals surface area (Å²) in [6.45, 7) is 10.9. The topological polar surface area (TPSA) is 52.4 Å². The number of piperazine rings is 1. The zero-order valence-corrected chi connectivity index (χ0v) is 16.1. The maximum Gasteiger partial charge on any atom is 0.147 e. The van der Waals surface area contributed by atoms with E-state index in [1.54, 1.807) is 0 Å². The van der Waals surface area contributed by atoms with Gasteiger partial charge in [-0.3, -0.25) is 0 Å². The third-order valence-electron chi connectivity index (χ3n) is 5.37. The van der Waals surface area contributed by atoms with Crippen molar-refractivity contribution in [3.8, 4) is 6.07 Å². The van der Waals surface area contributed by atoms with Crippen LogP contribution in [-0.4, -0.2) is 48.7 Å². The maximum absolute atomic E-state index is 9.93. The number of aryl methyl sites for hydroxylation is 1. The van der Waals surface area contributed by atoms with Crippen molar-refractivity contribution in [1.82, 2.24) is 9.88 Å². The van der Waals surface area contributed by atoms with Gasteiger partial charge in [-0.1, -0.05) is 13.3 Å². The van der Waals surface area contributed by atoms with Gasteiger partial charge in [0.15, 0.2) is 0 Å². The van der Waals surface area contributed by atoms with Crippen molar-refractivity contribution in [2.24, 2.45) is 0 Å². The second-order valence-electron chi connectivity index (χ2n) is 7.95. The van der Waals surface area contributed by atoms with Gasteiger partial charge < -0.3 is 14.5 Å². The first-order valence-electron chi connectivity index (χ1n) is 9.47. The number of unbranched alkanes of at least 4 members (excludes halogenated alkanes) is 1. The number of hydrogen-bond donors (Lipinski definition) is 0. The summed E-state index contributed by atoms with van der Waals surface area (Å²) in [6.07, 6.45) is 4.02. The molecule has 0 amide bonds. The van der Waals surface area contributed by atoms with Crippen LogP contribution in [-0.2, 0) is 24.2 Å². The predicted molar refractivity (Wildman–Crippen MR) is 99.8 cm³/mol. The van der Waals surface area contributed by atoms with Crippen LogP contribution in [0.25, 0.3) is 0 Å². The summed E-state index contributed by atoms with van der Waals surface area (Å²) in [5.41, 5.74) is 4.04. The molecule has 0 aliphatic carbocycles. The molecule has 25 heavy (non-hydrogen) atoms. The molecule has 0 unspecified atom stereocenters. The smallest absolute Gasteiger partial charge is 0.147 e. The Balaban J connectivity index is 2.06. The highest BCUT2D eigenvalue weighted by Crippen LogP contribution is 2.36. The fraction of sp³-hybridized carbons (Fsp3) is 0.700. The second-order valence-corrected chi connectivity index (χ2v) is 7.95. The van der Waals surface area contributed by atoms with Crippen molar-refractivity contribution >= 4 is 5.82 Å². The van der Waals surface area contributed by atoms with E-state index in [0.29, 0.717) is 6.61 Å². The fourth-order valence-corrected chi connectivity index (χ4v) is 3.74. The van der Waals surface area contributed by atoms with Crippen LogP contribution in [0.5, 0.6) is 0 Å². The lowest BCUT2D eigenvalue weighted by atomic mass is 9.87. The predicted octanol–water partition coefficient (Wildman–Crippen LogP) is 2.90. The highest BCUT2D eigenvalue weighted by atomic mass is 16.5. The largest absolute Gasteiger partial charge is 0.370 e. The standard InChI is InChI=1S/C20H30N4O/c1-5-6-7-18-17-14-25-20(2,3)12-15(17)16(13-21)19(22-18)24-10-8-23(4)9-11-24/h5-12,14H2,1-4H3. The molecule has 3 rings (SSSR count). The van der Waals surface area contributed by atoms with Crippen LogP contribution in [0.15, 0.2) is 0 Å².